The second-order valence-corrected chi connectivity index (χ2v) is 7.13. The summed E-state index contributed by atoms with van der Waals surface area (Å²) in [5.74, 6) is -0.544. The summed E-state index contributed by atoms with van der Waals surface area (Å²) in [6.07, 6.45) is 0.844. The summed E-state index contributed by atoms with van der Waals surface area (Å²) in [6.45, 7) is 12.1. The second-order valence-electron chi connectivity index (χ2n) is 7.13. The number of benzene rings is 1. The summed E-state index contributed by atoms with van der Waals surface area (Å²) in [6, 6.07) is 7.71. The average molecular weight is 304 g/mol. The van der Waals surface area contributed by atoms with Crippen molar-refractivity contribution in [2.75, 3.05) is 11.9 Å². The Morgan fingerprint density at radius 3 is 2.14 bits per heavy atom. The summed E-state index contributed by atoms with van der Waals surface area (Å²) >= 11 is 0. The molecule has 2 N–H and O–H groups in total. The molecule has 22 heavy (non-hydrogen) atoms. The highest BCUT2D eigenvalue weighted by atomic mass is 16.2. The zero-order valence-corrected chi connectivity index (χ0v) is 14.5. The van der Waals surface area contributed by atoms with Crippen molar-refractivity contribution in [3.8, 4) is 0 Å². The lowest BCUT2D eigenvalue weighted by Crippen LogP contribution is -2.45. The van der Waals surface area contributed by atoms with Gasteiger partial charge in [0.1, 0.15) is 5.41 Å². The number of nitrogens with one attached hydrogen (secondary N) is 2. The summed E-state index contributed by atoms with van der Waals surface area (Å²) in [4.78, 5) is 24.7. The van der Waals surface area contributed by atoms with E-state index in [2.05, 4.69) is 31.4 Å². The Hall–Kier alpha value is -1.84. The van der Waals surface area contributed by atoms with E-state index in [9.17, 15) is 9.59 Å². The second kappa shape index (κ2) is 6.95. The molecule has 0 saturated carbocycles. The molecule has 0 aliphatic heterocycles. The Kier molecular flexibility index (Phi) is 5.75. The molecule has 0 fully saturated rings. The van der Waals surface area contributed by atoms with Crippen LogP contribution in [0.2, 0.25) is 0 Å². The largest absolute Gasteiger partial charge is 0.355 e. The third-order valence-corrected chi connectivity index (χ3v) is 3.65. The van der Waals surface area contributed by atoms with E-state index in [4.69, 9.17) is 0 Å². The minimum Gasteiger partial charge on any atom is -0.355 e. The number of hydrogen-bond acceptors (Lipinski definition) is 2. The number of rotatable bonds is 5. The van der Waals surface area contributed by atoms with Crippen LogP contribution in [0.4, 0.5) is 5.69 Å². The molecule has 0 aliphatic rings. The highest BCUT2D eigenvalue weighted by Crippen LogP contribution is 2.30. The van der Waals surface area contributed by atoms with Gasteiger partial charge < -0.3 is 10.6 Å². The molecule has 0 spiro atoms. The van der Waals surface area contributed by atoms with Crippen molar-refractivity contribution >= 4 is 17.5 Å². The summed E-state index contributed by atoms with van der Waals surface area (Å²) in [5, 5.41) is 5.70. The third-order valence-electron chi connectivity index (χ3n) is 3.65. The lowest BCUT2D eigenvalue weighted by Gasteiger charge is -2.26. The van der Waals surface area contributed by atoms with Gasteiger partial charge in [-0.2, -0.15) is 0 Å². The highest BCUT2D eigenvalue weighted by Gasteiger charge is 2.36. The van der Waals surface area contributed by atoms with Crippen LogP contribution in [0.5, 0.6) is 0 Å². The fourth-order valence-electron chi connectivity index (χ4n) is 2.09. The molecule has 1 rings (SSSR count). The van der Waals surface area contributed by atoms with Gasteiger partial charge >= 0.3 is 0 Å². The Balaban J connectivity index is 2.96. The van der Waals surface area contributed by atoms with Crippen molar-refractivity contribution in [2.45, 2.75) is 53.4 Å². The molecule has 1 aromatic rings. The Bertz CT molecular complexity index is 542. The SMILES string of the molecule is CCCNC(=O)C(C)(C)C(=O)Nc1ccccc1C(C)(C)C. The van der Waals surface area contributed by atoms with Crippen LogP contribution in [0.25, 0.3) is 0 Å². The van der Waals surface area contributed by atoms with Crippen LogP contribution in [-0.4, -0.2) is 18.4 Å². The van der Waals surface area contributed by atoms with E-state index in [1.807, 2.05) is 31.2 Å². The first-order valence-corrected chi connectivity index (χ1v) is 7.80. The molecule has 0 unspecified atom stereocenters. The molecule has 0 aliphatic carbocycles. The molecule has 4 heteroatoms. The fraction of sp³-hybridized carbons (Fsp3) is 0.556. The lowest BCUT2D eigenvalue weighted by atomic mass is 9.85. The normalized spacial score (nSPS) is 11.9. The van der Waals surface area contributed by atoms with Gasteiger partial charge in [-0.15, -0.1) is 0 Å². The Morgan fingerprint density at radius 2 is 1.59 bits per heavy atom. The molecule has 0 heterocycles. The average Bonchev–Trinajstić information content (AvgIpc) is 2.43. The summed E-state index contributed by atoms with van der Waals surface area (Å²) in [7, 11) is 0. The molecule has 0 saturated heterocycles. The minimum atomic E-state index is -1.11. The van der Waals surface area contributed by atoms with Crippen LogP contribution in [0.15, 0.2) is 24.3 Å². The van der Waals surface area contributed by atoms with Gasteiger partial charge in [0, 0.05) is 12.2 Å². The van der Waals surface area contributed by atoms with E-state index in [0.29, 0.717) is 6.54 Å². The van der Waals surface area contributed by atoms with Crippen molar-refractivity contribution in [1.29, 1.82) is 0 Å². The van der Waals surface area contributed by atoms with E-state index in [0.717, 1.165) is 17.7 Å². The fourth-order valence-corrected chi connectivity index (χ4v) is 2.09. The zero-order chi connectivity index (χ0) is 17.0. The van der Waals surface area contributed by atoms with Crippen molar-refractivity contribution in [2.24, 2.45) is 5.41 Å². The van der Waals surface area contributed by atoms with E-state index < -0.39 is 5.41 Å². The smallest absolute Gasteiger partial charge is 0.239 e. The monoisotopic (exact) mass is 304 g/mol. The zero-order valence-electron chi connectivity index (χ0n) is 14.5. The molecule has 4 nitrogen and oxygen atoms in total. The van der Waals surface area contributed by atoms with Crippen molar-refractivity contribution < 1.29 is 9.59 Å². The quantitative estimate of drug-likeness (QED) is 0.818. The van der Waals surface area contributed by atoms with Crippen LogP contribution in [0.3, 0.4) is 0 Å². The maximum Gasteiger partial charge on any atom is 0.239 e. The molecule has 2 amide bonds. The maximum absolute atomic E-state index is 12.5. The van der Waals surface area contributed by atoms with Crippen molar-refractivity contribution in [3.05, 3.63) is 29.8 Å². The van der Waals surface area contributed by atoms with Gasteiger partial charge in [-0.3, -0.25) is 9.59 Å². The topological polar surface area (TPSA) is 58.2 Å². The summed E-state index contributed by atoms with van der Waals surface area (Å²) < 4.78 is 0. The molecular weight excluding hydrogens is 276 g/mol. The maximum atomic E-state index is 12.5. The van der Waals surface area contributed by atoms with E-state index in [-0.39, 0.29) is 17.2 Å². The van der Waals surface area contributed by atoms with Crippen molar-refractivity contribution in [3.63, 3.8) is 0 Å². The molecule has 0 bridgehead atoms. The number of hydrogen-bond donors (Lipinski definition) is 2. The first-order valence-electron chi connectivity index (χ1n) is 7.80. The number of carbonyl (C=O) groups excluding carboxylic acids is 2. The van der Waals surface area contributed by atoms with Crippen LogP contribution >= 0.6 is 0 Å². The van der Waals surface area contributed by atoms with Gasteiger partial charge in [0.2, 0.25) is 11.8 Å². The predicted octanol–water partition coefficient (Wildman–Crippen LogP) is 3.48. The highest BCUT2D eigenvalue weighted by molar-refractivity contribution is 6.10. The van der Waals surface area contributed by atoms with E-state index in [1.54, 1.807) is 13.8 Å². The van der Waals surface area contributed by atoms with Crippen LogP contribution in [0, 0.1) is 5.41 Å². The Labute approximate surface area is 133 Å². The van der Waals surface area contributed by atoms with Gasteiger partial charge in [0.25, 0.3) is 0 Å². The van der Waals surface area contributed by atoms with Gasteiger partial charge in [-0.1, -0.05) is 45.9 Å². The van der Waals surface area contributed by atoms with Crippen LogP contribution < -0.4 is 10.6 Å². The first kappa shape index (κ1) is 18.2. The standard InChI is InChI=1S/C18H28N2O2/c1-7-12-19-15(21)18(5,6)16(22)20-14-11-9-8-10-13(14)17(2,3)4/h8-11H,7,12H2,1-6H3,(H,19,21)(H,20,22). The minimum absolute atomic E-state index is 0.0848. The van der Waals surface area contributed by atoms with E-state index >= 15 is 0 Å². The molecule has 122 valence electrons. The third kappa shape index (κ3) is 4.33. The number of amides is 2. The predicted molar refractivity (Wildman–Crippen MR) is 90.9 cm³/mol. The molecule has 1 aromatic carbocycles. The van der Waals surface area contributed by atoms with Crippen LogP contribution in [-0.2, 0) is 15.0 Å². The Morgan fingerprint density at radius 1 is 1.00 bits per heavy atom. The number of para-hydroxylation sites is 1. The molecule has 0 aromatic heterocycles. The number of carbonyl (C=O) groups is 2. The van der Waals surface area contributed by atoms with Gasteiger partial charge in [-0.05, 0) is 37.3 Å². The lowest BCUT2D eigenvalue weighted by molar-refractivity contribution is -0.138. The van der Waals surface area contributed by atoms with Gasteiger partial charge in [0.15, 0.2) is 0 Å². The number of anilines is 1. The van der Waals surface area contributed by atoms with Gasteiger partial charge in [0.05, 0.1) is 0 Å². The van der Waals surface area contributed by atoms with E-state index in [1.165, 1.54) is 0 Å². The molecule has 0 atom stereocenters. The van der Waals surface area contributed by atoms with Crippen LogP contribution in [0.1, 0.15) is 53.5 Å². The van der Waals surface area contributed by atoms with Gasteiger partial charge in [-0.25, -0.2) is 0 Å². The summed E-state index contributed by atoms with van der Waals surface area (Å²) in [5.41, 5.74) is 0.614. The first-order chi connectivity index (χ1) is 10.1. The molecule has 0 radical (unpaired) electrons. The van der Waals surface area contributed by atoms with Crippen molar-refractivity contribution in [1.82, 2.24) is 5.32 Å². The molecular formula is C18H28N2O2.